The lowest BCUT2D eigenvalue weighted by Gasteiger charge is -2.23. The van der Waals surface area contributed by atoms with Crippen molar-refractivity contribution < 1.29 is 13.9 Å². The molecule has 2 rings (SSSR count). The van der Waals surface area contributed by atoms with Crippen molar-refractivity contribution in [1.29, 1.82) is 0 Å². The lowest BCUT2D eigenvalue weighted by atomic mass is 10.1. The molecule has 6 heteroatoms. The van der Waals surface area contributed by atoms with Crippen molar-refractivity contribution in [3.8, 4) is 0 Å². The molecule has 4 nitrogen and oxygen atoms in total. The highest BCUT2D eigenvalue weighted by Crippen LogP contribution is 2.19. The molecule has 1 aliphatic heterocycles. The summed E-state index contributed by atoms with van der Waals surface area (Å²) in [6, 6.07) is 4.21. The number of ether oxygens (including phenoxy) is 1. The quantitative estimate of drug-likeness (QED) is 0.881. The molecule has 18 heavy (non-hydrogen) atoms. The van der Waals surface area contributed by atoms with Gasteiger partial charge in [-0.05, 0) is 31.0 Å². The molecule has 0 unspecified atom stereocenters. The van der Waals surface area contributed by atoms with Crippen LogP contribution in [-0.2, 0) is 4.74 Å². The number of benzene rings is 1. The maximum absolute atomic E-state index is 13.5. The molecule has 0 bridgehead atoms. The van der Waals surface area contributed by atoms with Crippen LogP contribution in [0.1, 0.15) is 12.8 Å². The van der Waals surface area contributed by atoms with Crippen LogP contribution in [0.3, 0.4) is 0 Å². The predicted octanol–water partition coefficient (Wildman–Crippen LogP) is 2.89. The van der Waals surface area contributed by atoms with Gasteiger partial charge in [0.1, 0.15) is 5.82 Å². The lowest BCUT2D eigenvalue weighted by Crippen LogP contribution is -2.41. The monoisotopic (exact) mass is 316 g/mol. The fourth-order valence-electron chi connectivity index (χ4n) is 1.78. The first kappa shape index (κ1) is 13.3. The Morgan fingerprint density at radius 1 is 1.39 bits per heavy atom. The largest absolute Gasteiger partial charge is 0.381 e. The summed E-state index contributed by atoms with van der Waals surface area (Å²) in [5.74, 6) is -0.466. The Hall–Kier alpha value is -1.14. The summed E-state index contributed by atoms with van der Waals surface area (Å²) in [5.41, 5.74) is 0.169. The van der Waals surface area contributed by atoms with Crippen LogP contribution >= 0.6 is 15.9 Å². The third kappa shape index (κ3) is 3.68. The van der Waals surface area contributed by atoms with Crippen molar-refractivity contribution in [3.05, 3.63) is 28.5 Å². The van der Waals surface area contributed by atoms with E-state index in [0.29, 0.717) is 17.7 Å². The first-order valence-corrected chi connectivity index (χ1v) is 6.55. The molecule has 1 aliphatic rings. The average molecular weight is 317 g/mol. The number of anilines is 1. The number of carbonyl (C=O) groups is 1. The minimum atomic E-state index is -0.466. The predicted molar refractivity (Wildman–Crippen MR) is 70.1 cm³/mol. The second-order valence-corrected chi connectivity index (χ2v) is 5.02. The smallest absolute Gasteiger partial charge is 0.319 e. The van der Waals surface area contributed by atoms with E-state index in [0.717, 1.165) is 12.8 Å². The Morgan fingerprint density at radius 3 is 2.78 bits per heavy atom. The zero-order valence-electron chi connectivity index (χ0n) is 9.71. The SMILES string of the molecule is O=C(Nc1ccc(Br)cc1F)NC1CCOCC1. The first-order valence-electron chi connectivity index (χ1n) is 5.75. The van der Waals surface area contributed by atoms with E-state index in [2.05, 4.69) is 26.6 Å². The van der Waals surface area contributed by atoms with Gasteiger partial charge < -0.3 is 15.4 Å². The van der Waals surface area contributed by atoms with Gasteiger partial charge in [0.2, 0.25) is 0 Å². The number of hydrogen-bond donors (Lipinski definition) is 2. The van der Waals surface area contributed by atoms with Gasteiger partial charge in [-0.2, -0.15) is 0 Å². The summed E-state index contributed by atoms with van der Waals surface area (Å²) in [7, 11) is 0. The van der Waals surface area contributed by atoms with Crippen LogP contribution in [0.25, 0.3) is 0 Å². The van der Waals surface area contributed by atoms with Crippen LogP contribution in [0.5, 0.6) is 0 Å². The normalized spacial score (nSPS) is 16.3. The molecule has 1 aromatic rings. The van der Waals surface area contributed by atoms with Gasteiger partial charge in [0.25, 0.3) is 0 Å². The highest BCUT2D eigenvalue weighted by Gasteiger charge is 2.16. The number of carbonyl (C=O) groups excluding carboxylic acids is 1. The van der Waals surface area contributed by atoms with Crippen molar-refractivity contribution in [2.45, 2.75) is 18.9 Å². The van der Waals surface area contributed by atoms with Gasteiger partial charge in [-0.1, -0.05) is 15.9 Å². The molecule has 0 atom stereocenters. The van der Waals surface area contributed by atoms with Crippen molar-refractivity contribution in [3.63, 3.8) is 0 Å². The van der Waals surface area contributed by atoms with Gasteiger partial charge in [-0.25, -0.2) is 9.18 Å². The number of hydrogen-bond acceptors (Lipinski definition) is 2. The zero-order valence-corrected chi connectivity index (χ0v) is 11.3. The topological polar surface area (TPSA) is 50.4 Å². The maximum atomic E-state index is 13.5. The molecule has 1 aromatic carbocycles. The van der Waals surface area contributed by atoms with Crippen LogP contribution in [0.15, 0.2) is 22.7 Å². The molecule has 0 saturated carbocycles. The molecule has 0 aromatic heterocycles. The van der Waals surface area contributed by atoms with Crippen molar-refractivity contribution in [2.75, 3.05) is 18.5 Å². The summed E-state index contributed by atoms with van der Waals surface area (Å²) >= 11 is 3.16. The maximum Gasteiger partial charge on any atom is 0.319 e. The number of amides is 2. The summed E-state index contributed by atoms with van der Waals surface area (Å²) in [6.45, 7) is 1.30. The van der Waals surface area contributed by atoms with E-state index in [1.807, 2.05) is 0 Å². The molecule has 2 amide bonds. The minimum absolute atomic E-state index is 0.0947. The van der Waals surface area contributed by atoms with Crippen molar-refractivity contribution in [2.24, 2.45) is 0 Å². The highest BCUT2D eigenvalue weighted by atomic mass is 79.9. The van der Waals surface area contributed by atoms with Crippen molar-refractivity contribution >= 4 is 27.6 Å². The number of nitrogens with one attached hydrogen (secondary N) is 2. The summed E-state index contributed by atoms with van der Waals surface area (Å²) in [6.07, 6.45) is 1.58. The Kier molecular flexibility index (Phi) is 4.54. The third-order valence-electron chi connectivity index (χ3n) is 2.74. The van der Waals surface area contributed by atoms with E-state index >= 15 is 0 Å². The molecular formula is C12H14BrFN2O2. The van der Waals surface area contributed by atoms with E-state index < -0.39 is 5.82 Å². The summed E-state index contributed by atoms with van der Waals surface area (Å²) in [4.78, 5) is 11.7. The molecule has 0 spiro atoms. The number of rotatable bonds is 2. The van der Waals surface area contributed by atoms with E-state index in [4.69, 9.17) is 4.74 Å². The van der Waals surface area contributed by atoms with Gasteiger partial charge in [0.15, 0.2) is 0 Å². The molecule has 1 saturated heterocycles. The van der Waals surface area contributed by atoms with E-state index in [1.54, 1.807) is 6.07 Å². The zero-order chi connectivity index (χ0) is 13.0. The van der Waals surface area contributed by atoms with E-state index in [1.165, 1.54) is 12.1 Å². The van der Waals surface area contributed by atoms with Crippen LogP contribution in [0.2, 0.25) is 0 Å². The van der Waals surface area contributed by atoms with Gasteiger partial charge in [0.05, 0.1) is 5.69 Å². The molecule has 0 radical (unpaired) electrons. The van der Waals surface area contributed by atoms with E-state index in [9.17, 15) is 9.18 Å². The van der Waals surface area contributed by atoms with Crippen LogP contribution in [0, 0.1) is 5.82 Å². The third-order valence-corrected chi connectivity index (χ3v) is 3.23. The fourth-order valence-corrected chi connectivity index (χ4v) is 2.11. The molecular weight excluding hydrogens is 303 g/mol. The molecule has 1 heterocycles. The average Bonchev–Trinajstić information content (AvgIpc) is 2.34. The fraction of sp³-hybridized carbons (Fsp3) is 0.417. The Morgan fingerprint density at radius 2 is 2.11 bits per heavy atom. The number of urea groups is 1. The molecule has 0 aliphatic carbocycles. The van der Waals surface area contributed by atoms with Crippen LogP contribution in [-0.4, -0.2) is 25.3 Å². The van der Waals surface area contributed by atoms with Gasteiger partial charge in [-0.3, -0.25) is 0 Å². The Balaban J connectivity index is 1.90. The lowest BCUT2D eigenvalue weighted by molar-refractivity contribution is 0.0806. The van der Waals surface area contributed by atoms with Gasteiger partial charge in [0, 0.05) is 23.7 Å². The second kappa shape index (κ2) is 6.15. The molecule has 98 valence electrons. The second-order valence-electron chi connectivity index (χ2n) is 4.11. The van der Waals surface area contributed by atoms with Crippen molar-refractivity contribution in [1.82, 2.24) is 5.32 Å². The van der Waals surface area contributed by atoms with Crippen LogP contribution in [0.4, 0.5) is 14.9 Å². The summed E-state index contributed by atoms with van der Waals surface area (Å²) in [5, 5.41) is 5.30. The Labute approximate surface area is 113 Å². The molecule has 2 N–H and O–H groups in total. The first-order chi connectivity index (χ1) is 8.65. The van der Waals surface area contributed by atoms with E-state index in [-0.39, 0.29) is 17.8 Å². The Bertz CT molecular complexity index is 436. The molecule has 1 fully saturated rings. The number of halogens is 2. The summed E-state index contributed by atoms with van der Waals surface area (Å²) < 4.78 is 19.3. The van der Waals surface area contributed by atoms with Gasteiger partial charge >= 0.3 is 6.03 Å². The highest BCUT2D eigenvalue weighted by molar-refractivity contribution is 9.10. The van der Waals surface area contributed by atoms with Crippen LogP contribution < -0.4 is 10.6 Å². The minimum Gasteiger partial charge on any atom is -0.381 e. The van der Waals surface area contributed by atoms with Gasteiger partial charge in [-0.15, -0.1) is 0 Å². The standard InChI is InChI=1S/C12H14BrFN2O2/c13-8-1-2-11(10(14)7-8)16-12(17)15-9-3-5-18-6-4-9/h1-2,7,9H,3-6H2,(H2,15,16,17).